The van der Waals surface area contributed by atoms with E-state index in [4.69, 9.17) is 5.73 Å². The zero-order chi connectivity index (χ0) is 16.4. The van der Waals surface area contributed by atoms with Crippen LogP contribution in [0.15, 0.2) is 18.2 Å². The van der Waals surface area contributed by atoms with E-state index < -0.39 is 0 Å². The number of nitrogens with two attached hydrogens (primary N) is 1. The average Bonchev–Trinajstić information content (AvgIpc) is 2.27. The van der Waals surface area contributed by atoms with Gasteiger partial charge in [-0.2, -0.15) is 0 Å². The summed E-state index contributed by atoms with van der Waals surface area (Å²) in [5, 5.41) is 3.49. The predicted octanol–water partition coefficient (Wildman–Crippen LogP) is 3.60. The van der Waals surface area contributed by atoms with Gasteiger partial charge in [0.2, 0.25) is 0 Å². The van der Waals surface area contributed by atoms with Gasteiger partial charge in [0.05, 0.1) is 11.4 Å². The van der Waals surface area contributed by atoms with Crippen LogP contribution in [-0.4, -0.2) is 30.4 Å². The minimum absolute atomic E-state index is 0.0396. The second-order valence-corrected chi connectivity index (χ2v) is 7.75. The van der Waals surface area contributed by atoms with Gasteiger partial charge in [-0.1, -0.05) is 20.8 Å². The van der Waals surface area contributed by atoms with Crippen LogP contribution in [0.2, 0.25) is 0 Å². The number of carbonyl (C=O) groups is 1. The smallest absolute Gasteiger partial charge is 0.253 e. The van der Waals surface area contributed by atoms with Crippen LogP contribution in [0.25, 0.3) is 0 Å². The van der Waals surface area contributed by atoms with Crippen molar-refractivity contribution in [3.8, 4) is 0 Å². The van der Waals surface area contributed by atoms with Gasteiger partial charge in [0.25, 0.3) is 5.91 Å². The summed E-state index contributed by atoms with van der Waals surface area (Å²) in [7, 11) is 3.47. The molecule has 0 spiro atoms. The number of anilines is 2. The Kier molecular flexibility index (Phi) is 4.92. The summed E-state index contributed by atoms with van der Waals surface area (Å²) in [5.41, 5.74) is 8.34. The summed E-state index contributed by atoms with van der Waals surface area (Å²) in [4.78, 5) is 13.5. The maximum Gasteiger partial charge on any atom is 0.253 e. The van der Waals surface area contributed by atoms with Crippen molar-refractivity contribution in [3.05, 3.63) is 23.8 Å². The number of hydrogen-bond acceptors (Lipinski definition) is 3. The van der Waals surface area contributed by atoms with Crippen LogP contribution in [0.3, 0.4) is 0 Å². The van der Waals surface area contributed by atoms with Crippen LogP contribution in [0.5, 0.6) is 0 Å². The van der Waals surface area contributed by atoms with Crippen molar-refractivity contribution in [2.24, 2.45) is 5.41 Å². The summed E-state index contributed by atoms with van der Waals surface area (Å²) in [6.07, 6.45) is 1.01. The quantitative estimate of drug-likeness (QED) is 0.833. The normalized spacial score (nSPS) is 12.1. The first-order valence-corrected chi connectivity index (χ1v) is 7.31. The fourth-order valence-electron chi connectivity index (χ4n) is 2.80. The molecule has 0 atom stereocenters. The first kappa shape index (κ1) is 17.3. The molecule has 1 aromatic carbocycles. The molecular formula is C17H29N3O. The molecule has 118 valence electrons. The number of rotatable bonds is 4. The lowest BCUT2D eigenvalue weighted by atomic mass is 9.81. The molecule has 21 heavy (non-hydrogen) atoms. The molecule has 0 aromatic heterocycles. The molecule has 3 N–H and O–H groups in total. The monoisotopic (exact) mass is 291 g/mol. The Morgan fingerprint density at radius 2 is 1.76 bits per heavy atom. The second-order valence-electron chi connectivity index (χ2n) is 7.75. The third kappa shape index (κ3) is 5.29. The fourth-order valence-corrected chi connectivity index (χ4v) is 2.80. The molecule has 0 radical (unpaired) electrons. The van der Waals surface area contributed by atoms with Crippen LogP contribution in [0.4, 0.5) is 11.4 Å². The zero-order valence-corrected chi connectivity index (χ0v) is 14.4. The van der Waals surface area contributed by atoms with Crippen molar-refractivity contribution in [1.82, 2.24) is 4.90 Å². The van der Waals surface area contributed by atoms with Crippen LogP contribution >= 0.6 is 0 Å². The van der Waals surface area contributed by atoms with Crippen molar-refractivity contribution in [1.29, 1.82) is 0 Å². The Morgan fingerprint density at radius 1 is 1.19 bits per heavy atom. The summed E-state index contributed by atoms with van der Waals surface area (Å²) < 4.78 is 0. The van der Waals surface area contributed by atoms with Gasteiger partial charge < -0.3 is 16.0 Å². The molecule has 0 aliphatic rings. The van der Waals surface area contributed by atoms with Crippen molar-refractivity contribution in [3.63, 3.8) is 0 Å². The molecule has 0 aliphatic carbocycles. The first-order valence-electron chi connectivity index (χ1n) is 7.31. The Balaban J connectivity index is 2.93. The van der Waals surface area contributed by atoms with Gasteiger partial charge >= 0.3 is 0 Å². The lowest BCUT2D eigenvalue weighted by Gasteiger charge is -2.34. The highest BCUT2D eigenvalue weighted by Crippen LogP contribution is 2.31. The number of amides is 1. The average molecular weight is 291 g/mol. The highest BCUT2D eigenvalue weighted by molar-refractivity contribution is 5.95. The molecule has 1 amide bonds. The van der Waals surface area contributed by atoms with E-state index in [1.54, 1.807) is 25.1 Å². The van der Waals surface area contributed by atoms with Crippen molar-refractivity contribution in [2.75, 3.05) is 25.1 Å². The highest BCUT2D eigenvalue weighted by atomic mass is 16.2. The lowest BCUT2D eigenvalue weighted by molar-refractivity contribution is 0.0827. The van der Waals surface area contributed by atoms with Gasteiger partial charge in [0.15, 0.2) is 0 Å². The molecule has 4 nitrogen and oxygen atoms in total. The molecule has 0 fully saturated rings. The minimum Gasteiger partial charge on any atom is -0.397 e. The van der Waals surface area contributed by atoms with Gasteiger partial charge in [0, 0.05) is 25.2 Å². The maximum atomic E-state index is 11.9. The standard InChI is InChI=1S/C17H29N3O/c1-16(2,3)11-17(4,5)19-14-9-8-12(10-13(14)18)15(21)20(6)7/h8-10,19H,11,18H2,1-7H3. The molecular weight excluding hydrogens is 262 g/mol. The van der Waals surface area contributed by atoms with E-state index in [0.29, 0.717) is 11.3 Å². The van der Waals surface area contributed by atoms with Crippen molar-refractivity contribution < 1.29 is 4.79 Å². The Bertz CT molecular complexity index is 513. The third-order valence-corrected chi connectivity index (χ3v) is 3.15. The number of nitrogens with one attached hydrogen (secondary N) is 1. The second kappa shape index (κ2) is 5.96. The lowest BCUT2D eigenvalue weighted by Crippen LogP contribution is -2.35. The zero-order valence-electron chi connectivity index (χ0n) is 14.4. The van der Waals surface area contributed by atoms with E-state index in [1.807, 2.05) is 12.1 Å². The first-order chi connectivity index (χ1) is 9.41. The van der Waals surface area contributed by atoms with Crippen LogP contribution in [0, 0.1) is 5.41 Å². The van der Waals surface area contributed by atoms with Crippen molar-refractivity contribution in [2.45, 2.75) is 46.6 Å². The van der Waals surface area contributed by atoms with Gasteiger partial charge in [-0.05, 0) is 43.9 Å². The molecule has 0 unspecified atom stereocenters. The number of benzene rings is 1. The molecule has 4 heteroatoms. The number of nitrogen functional groups attached to an aromatic ring is 1. The van der Waals surface area contributed by atoms with Crippen LogP contribution in [-0.2, 0) is 0 Å². The fraction of sp³-hybridized carbons (Fsp3) is 0.588. The maximum absolute atomic E-state index is 11.9. The molecule has 1 aromatic rings. The third-order valence-electron chi connectivity index (χ3n) is 3.15. The topological polar surface area (TPSA) is 58.4 Å². The summed E-state index contributed by atoms with van der Waals surface area (Å²) in [6, 6.07) is 5.43. The van der Waals surface area contributed by atoms with Gasteiger partial charge in [-0.15, -0.1) is 0 Å². The van der Waals surface area contributed by atoms with E-state index in [1.165, 1.54) is 0 Å². The van der Waals surface area contributed by atoms with Gasteiger partial charge in [0.1, 0.15) is 0 Å². The van der Waals surface area contributed by atoms with Crippen LogP contribution in [0.1, 0.15) is 51.4 Å². The van der Waals surface area contributed by atoms with E-state index in [9.17, 15) is 4.79 Å². The Hall–Kier alpha value is -1.71. The van der Waals surface area contributed by atoms with E-state index in [0.717, 1.165) is 12.1 Å². The number of carbonyl (C=O) groups excluding carboxylic acids is 1. The van der Waals surface area contributed by atoms with Crippen LogP contribution < -0.4 is 11.1 Å². The SMILES string of the molecule is CN(C)C(=O)c1ccc(NC(C)(C)CC(C)(C)C)c(N)c1. The molecule has 0 saturated heterocycles. The van der Waals surface area contributed by atoms with Gasteiger partial charge in [-0.25, -0.2) is 0 Å². The van der Waals surface area contributed by atoms with E-state index in [-0.39, 0.29) is 16.9 Å². The summed E-state index contributed by atoms with van der Waals surface area (Å²) in [5.74, 6) is -0.0396. The predicted molar refractivity (Wildman–Crippen MR) is 90.6 cm³/mol. The molecule has 0 saturated carbocycles. The number of nitrogens with zero attached hydrogens (tertiary/aromatic N) is 1. The molecule has 1 rings (SSSR count). The van der Waals surface area contributed by atoms with E-state index in [2.05, 4.69) is 39.9 Å². The molecule has 0 heterocycles. The Labute approximate surface area is 128 Å². The largest absolute Gasteiger partial charge is 0.397 e. The Morgan fingerprint density at radius 3 is 2.19 bits per heavy atom. The highest BCUT2D eigenvalue weighted by Gasteiger charge is 2.25. The summed E-state index contributed by atoms with van der Waals surface area (Å²) in [6.45, 7) is 11.0. The molecule has 0 bridgehead atoms. The summed E-state index contributed by atoms with van der Waals surface area (Å²) >= 11 is 0. The molecule has 0 aliphatic heterocycles. The minimum atomic E-state index is -0.0700. The van der Waals surface area contributed by atoms with Crippen molar-refractivity contribution >= 4 is 17.3 Å². The van der Waals surface area contributed by atoms with Gasteiger partial charge in [-0.3, -0.25) is 4.79 Å². The number of hydrogen-bond donors (Lipinski definition) is 2. The van der Waals surface area contributed by atoms with E-state index >= 15 is 0 Å².